The summed E-state index contributed by atoms with van der Waals surface area (Å²) in [6, 6.07) is 1.77. The number of ether oxygens (including phenoxy) is 1. The van der Waals surface area contributed by atoms with Crippen LogP contribution in [0.25, 0.3) is 0 Å². The van der Waals surface area contributed by atoms with Crippen molar-refractivity contribution < 1.29 is 18.7 Å². The lowest BCUT2D eigenvalue weighted by Crippen LogP contribution is -2.40. The molecule has 1 N–H and O–H groups in total. The number of nitrogens with one attached hydrogen (secondary N) is 1. The minimum atomic E-state index is -0.789. The highest BCUT2D eigenvalue weighted by Gasteiger charge is 2.24. The van der Waals surface area contributed by atoms with Crippen molar-refractivity contribution in [1.82, 2.24) is 5.32 Å². The first-order chi connectivity index (χ1) is 9.08. The standard InChI is InChI=1S/C14H19NO4/c1-9-12(7-8-18-9)14(17)19-10(2)13(16)15-11-5-3-4-6-11/h7-8,10-11H,3-6H2,1-2H3,(H,15,16)/t10-/m0/s1. The Balaban J connectivity index is 1.86. The van der Waals surface area contributed by atoms with E-state index >= 15 is 0 Å². The molecule has 0 unspecified atom stereocenters. The molecule has 1 fully saturated rings. The van der Waals surface area contributed by atoms with E-state index in [-0.39, 0.29) is 11.9 Å². The van der Waals surface area contributed by atoms with Crippen molar-refractivity contribution in [2.45, 2.75) is 51.7 Å². The Morgan fingerprint density at radius 2 is 2.11 bits per heavy atom. The van der Waals surface area contributed by atoms with Gasteiger partial charge in [-0.2, -0.15) is 0 Å². The molecule has 1 atom stereocenters. The van der Waals surface area contributed by atoms with Gasteiger partial charge < -0.3 is 14.5 Å². The Morgan fingerprint density at radius 1 is 1.42 bits per heavy atom. The van der Waals surface area contributed by atoms with E-state index in [1.807, 2.05) is 0 Å². The van der Waals surface area contributed by atoms with Crippen LogP contribution < -0.4 is 5.32 Å². The van der Waals surface area contributed by atoms with Gasteiger partial charge in [-0.05, 0) is 32.8 Å². The molecule has 2 rings (SSSR count). The summed E-state index contributed by atoms with van der Waals surface area (Å²) < 4.78 is 10.2. The van der Waals surface area contributed by atoms with Crippen molar-refractivity contribution in [2.24, 2.45) is 0 Å². The summed E-state index contributed by atoms with van der Waals surface area (Å²) in [5.41, 5.74) is 0.362. The van der Waals surface area contributed by atoms with Crippen LogP contribution >= 0.6 is 0 Å². The summed E-state index contributed by atoms with van der Waals surface area (Å²) in [4.78, 5) is 23.7. The number of furan rings is 1. The van der Waals surface area contributed by atoms with Gasteiger partial charge in [0.25, 0.3) is 5.91 Å². The fraction of sp³-hybridized carbons (Fsp3) is 0.571. The summed E-state index contributed by atoms with van der Waals surface area (Å²) in [7, 11) is 0. The molecule has 1 saturated carbocycles. The Kier molecular flexibility index (Phi) is 4.24. The summed E-state index contributed by atoms with van der Waals surface area (Å²) in [6.45, 7) is 3.26. The van der Waals surface area contributed by atoms with Gasteiger partial charge in [-0.15, -0.1) is 0 Å². The average molecular weight is 265 g/mol. The molecule has 1 heterocycles. The molecule has 5 heteroatoms. The third-order valence-electron chi connectivity index (χ3n) is 3.43. The molecular weight excluding hydrogens is 246 g/mol. The molecule has 0 spiro atoms. The first-order valence-corrected chi connectivity index (χ1v) is 6.63. The molecule has 0 bridgehead atoms. The first kappa shape index (κ1) is 13.6. The average Bonchev–Trinajstić information content (AvgIpc) is 3.00. The fourth-order valence-corrected chi connectivity index (χ4v) is 2.26. The van der Waals surface area contributed by atoms with Crippen molar-refractivity contribution >= 4 is 11.9 Å². The Labute approximate surface area is 112 Å². The number of hydrogen-bond acceptors (Lipinski definition) is 4. The molecule has 1 aliphatic rings. The summed E-state index contributed by atoms with van der Waals surface area (Å²) in [6.07, 6.45) is 4.94. The SMILES string of the molecule is Cc1occc1C(=O)O[C@@H](C)C(=O)NC1CCCC1. The zero-order valence-electron chi connectivity index (χ0n) is 11.3. The maximum absolute atomic E-state index is 11.9. The van der Waals surface area contributed by atoms with Gasteiger partial charge >= 0.3 is 5.97 Å². The smallest absolute Gasteiger partial charge is 0.342 e. The summed E-state index contributed by atoms with van der Waals surface area (Å²) in [5.74, 6) is -0.268. The lowest BCUT2D eigenvalue weighted by Gasteiger charge is -2.16. The van der Waals surface area contributed by atoms with Gasteiger partial charge in [-0.3, -0.25) is 4.79 Å². The highest BCUT2D eigenvalue weighted by molar-refractivity contribution is 5.92. The fourth-order valence-electron chi connectivity index (χ4n) is 2.26. The Morgan fingerprint density at radius 3 is 2.68 bits per heavy atom. The number of rotatable bonds is 4. The van der Waals surface area contributed by atoms with Crippen LogP contribution in [0.4, 0.5) is 0 Å². The van der Waals surface area contributed by atoms with Crippen molar-refractivity contribution in [3.63, 3.8) is 0 Å². The third kappa shape index (κ3) is 3.36. The van der Waals surface area contributed by atoms with Crippen LogP contribution in [0.2, 0.25) is 0 Å². The maximum Gasteiger partial charge on any atom is 0.342 e. The molecule has 1 aromatic heterocycles. The van der Waals surface area contributed by atoms with Gasteiger partial charge in [0, 0.05) is 6.04 Å². The molecule has 1 amide bonds. The van der Waals surface area contributed by atoms with Crippen LogP contribution in [0.15, 0.2) is 16.7 Å². The Bertz CT molecular complexity index is 460. The van der Waals surface area contributed by atoms with Crippen LogP contribution in [0, 0.1) is 6.92 Å². The first-order valence-electron chi connectivity index (χ1n) is 6.63. The second-order valence-electron chi connectivity index (χ2n) is 4.93. The molecule has 0 radical (unpaired) electrons. The normalized spacial score (nSPS) is 17.2. The maximum atomic E-state index is 11.9. The van der Waals surface area contributed by atoms with Crippen LogP contribution in [0.5, 0.6) is 0 Å². The molecule has 104 valence electrons. The van der Waals surface area contributed by atoms with E-state index in [4.69, 9.17) is 9.15 Å². The zero-order valence-corrected chi connectivity index (χ0v) is 11.3. The number of amides is 1. The second kappa shape index (κ2) is 5.91. The van der Waals surface area contributed by atoms with Gasteiger partial charge in [0.1, 0.15) is 11.3 Å². The molecular formula is C14H19NO4. The second-order valence-corrected chi connectivity index (χ2v) is 4.93. The monoisotopic (exact) mass is 265 g/mol. The van der Waals surface area contributed by atoms with Crippen molar-refractivity contribution in [3.05, 3.63) is 23.7 Å². The predicted octanol–water partition coefficient (Wildman–Crippen LogP) is 2.19. The Hall–Kier alpha value is -1.78. The minimum absolute atomic E-state index is 0.226. The van der Waals surface area contributed by atoms with Crippen molar-refractivity contribution in [2.75, 3.05) is 0 Å². The number of carbonyl (C=O) groups is 2. The predicted molar refractivity (Wildman–Crippen MR) is 68.7 cm³/mol. The van der Waals surface area contributed by atoms with Crippen molar-refractivity contribution in [1.29, 1.82) is 0 Å². The van der Waals surface area contributed by atoms with Gasteiger partial charge in [0.2, 0.25) is 0 Å². The highest BCUT2D eigenvalue weighted by Crippen LogP contribution is 2.18. The van der Waals surface area contributed by atoms with E-state index in [1.54, 1.807) is 19.9 Å². The minimum Gasteiger partial charge on any atom is -0.469 e. The van der Waals surface area contributed by atoms with Gasteiger partial charge in [0.15, 0.2) is 6.10 Å². The molecule has 19 heavy (non-hydrogen) atoms. The van der Waals surface area contributed by atoms with Crippen LogP contribution in [0.1, 0.15) is 48.7 Å². The zero-order chi connectivity index (χ0) is 13.8. The topological polar surface area (TPSA) is 68.5 Å². The van der Waals surface area contributed by atoms with Crippen LogP contribution in [-0.4, -0.2) is 24.0 Å². The number of carbonyl (C=O) groups excluding carboxylic acids is 2. The van der Waals surface area contributed by atoms with E-state index in [1.165, 1.54) is 6.26 Å². The summed E-state index contributed by atoms with van der Waals surface area (Å²) in [5, 5.41) is 2.90. The van der Waals surface area contributed by atoms with E-state index < -0.39 is 12.1 Å². The molecule has 0 saturated heterocycles. The van der Waals surface area contributed by atoms with E-state index in [9.17, 15) is 9.59 Å². The van der Waals surface area contributed by atoms with Crippen LogP contribution in [-0.2, 0) is 9.53 Å². The number of aryl methyl sites for hydroxylation is 1. The van der Waals surface area contributed by atoms with E-state index in [2.05, 4.69) is 5.32 Å². The molecule has 0 aliphatic heterocycles. The lowest BCUT2D eigenvalue weighted by molar-refractivity contribution is -0.129. The number of esters is 1. The summed E-state index contributed by atoms with van der Waals surface area (Å²) >= 11 is 0. The van der Waals surface area contributed by atoms with Gasteiger partial charge in [-0.25, -0.2) is 4.79 Å². The van der Waals surface area contributed by atoms with E-state index in [0.717, 1.165) is 25.7 Å². The third-order valence-corrected chi connectivity index (χ3v) is 3.43. The lowest BCUT2D eigenvalue weighted by atomic mass is 10.2. The molecule has 1 aliphatic carbocycles. The molecule has 0 aromatic carbocycles. The highest BCUT2D eigenvalue weighted by atomic mass is 16.5. The largest absolute Gasteiger partial charge is 0.469 e. The van der Waals surface area contributed by atoms with Gasteiger partial charge in [-0.1, -0.05) is 12.8 Å². The van der Waals surface area contributed by atoms with E-state index in [0.29, 0.717) is 11.3 Å². The van der Waals surface area contributed by atoms with Gasteiger partial charge in [0.05, 0.1) is 6.26 Å². The number of hydrogen-bond donors (Lipinski definition) is 1. The van der Waals surface area contributed by atoms with Crippen molar-refractivity contribution in [3.8, 4) is 0 Å². The quantitative estimate of drug-likeness (QED) is 0.847. The van der Waals surface area contributed by atoms with Crippen LogP contribution in [0.3, 0.4) is 0 Å². The molecule has 5 nitrogen and oxygen atoms in total. The molecule has 1 aromatic rings.